The molecule has 4 unspecified atom stereocenters. The zero-order chi connectivity index (χ0) is 22.5. The molecular formula is C20H37N7O3. The molecule has 0 spiro atoms. The molecular weight excluding hydrogens is 386 g/mol. The van der Waals surface area contributed by atoms with E-state index in [1.54, 1.807) is 4.90 Å². The van der Waals surface area contributed by atoms with Crippen LogP contribution in [-0.2, 0) is 14.4 Å². The van der Waals surface area contributed by atoms with Crippen LogP contribution < -0.4 is 16.8 Å². The van der Waals surface area contributed by atoms with Crippen LogP contribution in [0.5, 0.6) is 0 Å². The fourth-order valence-electron chi connectivity index (χ4n) is 4.57. The Morgan fingerprint density at radius 2 is 2.07 bits per heavy atom. The molecule has 0 aromatic heterocycles. The second-order valence-corrected chi connectivity index (χ2v) is 8.64. The summed E-state index contributed by atoms with van der Waals surface area (Å²) >= 11 is 0. The number of Topliss-reactive ketones (excluding diaryl/α,β-unsaturated/α-hetero) is 1. The minimum absolute atomic E-state index is 0.00999. The molecule has 30 heavy (non-hydrogen) atoms. The molecule has 2 aliphatic heterocycles. The largest absolute Gasteiger partial charge is 0.370 e. The van der Waals surface area contributed by atoms with Crippen LogP contribution in [0, 0.1) is 5.41 Å². The van der Waals surface area contributed by atoms with E-state index in [-0.39, 0.29) is 23.7 Å². The number of hydrogen-bond donors (Lipinski definition) is 4. The smallest absolute Gasteiger partial charge is 0.243 e. The molecule has 2 rings (SSSR count). The first-order valence-electron chi connectivity index (χ1n) is 10.8. The molecule has 2 aliphatic rings. The Kier molecular flexibility index (Phi) is 8.19. The number of hydrogen-bond acceptors (Lipinski definition) is 6. The van der Waals surface area contributed by atoms with Crippen molar-refractivity contribution < 1.29 is 14.4 Å². The predicted octanol–water partition coefficient (Wildman–Crippen LogP) is -0.574. The van der Waals surface area contributed by atoms with Gasteiger partial charge in [-0.05, 0) is 59.0 Å². The average molecular weight is 424 g/mol. The average Bonchev–Trinajstić information content (AvgIpc) is 3.03. The third-order valence-electron chi connectivity index (χ3n) is 6.45. The van der Waals surface area contributed by atoms with E-state index in [2.05, 4.69) is 5.32 Å². The van der Waals surface area contributed by atoms with Crippen LogP contribution in [-0.4, -0.2) is 89.2 Å². The summed E-state index contributed by atoms with van der Waals surface area (Å²) in [4.78, 5) is 42.3. The highest BCUT2D eigenvalue weighted by Crippen LogP contribution is 2.30. The van der Waals surface area contributed by atoms with Gasteiger partial charge in [-0.25, -0.2) is 0 Å². The number of carbonyl (C=O) groups is 3. The summed E-state index contributed by atoms with van der Waals surface area (Å²) in [6, 6.07) is -1.46. The van der Waals surface area contributed by atoms with Crippen molar-refractivity contribution in [3.63, 3.8) is 0 Å². The number of piperidine rings is 1. The van der Waals surface area contributed by atoms with Crippen LogP contribution in [0.1, 0.15) is 52.4 Å². The van der Waals surface area contributed by atoms with Crippen molar-refractivity contribution in [2.24, 2.45) is 11.5 Å². The summed E-state index contributed by atoms with van der Waals surface area (Å²) < 4.78 is 0. The molecule has 0 aromatic carbocycles. The SMILES string of the molecule is CCN(C)CC1(N)CCC(C(=O)NC(CC2CCCCN2C(=N)N)C(C)=O)N1C=O. The van der Waals surface area contributed by atoms with Gasteiger partial charge in [-0.2, -0.15) is 0 Å². The van der Waals surface area contributed by atoms with Crippen molar-refractivity contribution >= 4 is 24.1 Å². The Morgan fingerprint density at radius 3 is 2.63 bits per heavy atom. The van der Waals surface area contributed by atoms with Crippen LogP contribution in [0.4, 0.5) is 0 Å². The maximum absolute atomic E-state index is 13.0. The van der Waals surface area contributed by atoms with Crippen molar-refractivity contribution in [1.29, 1.82) is 5.41 Å². The van der Waals surface area contributed by atoms with E-state index in [1.165, 1.54) is 11.8 Å². The van der Waals surface area contributed by atoms with Crippen molar-refractivity contribution in [3.05, 3.63) is 0 Å². The molecule has 2 saturated heterocycles. The van der Waals surface area contributed by atoms with Gasteiger partial charge in [-0.15, -0.1) is 0 Å². The number of nitrogens with two attached hydrogens (primary N) is 2. The van der Waals surface area contributed by atoms with Gasteiger partial charge in [-0.3, -0.25) is 19.8 Å². The molecule has 10 nitrogen and oxygen atoms in total. The first-order valence-corrected chi connectivity index (χ1v) is 10.8. The van der Waals surface area contributed by atoms with Gasteiger partial charge in [0.25, 0.3) is 0 Å². The molecule has 6 N–H and O–H groups in total. The Hall–Kier alpha value is -2.20. The topological polar surface area (TPSA) is 149 Å². The van der Waals surface area contributed by atoms with Crippen LogP contribution in [0.3, 0.4) is 0 Å². The second-order valence-electron chi connectivity index (χ2n) is 8.64. The lowest BCUT2D eigenvalue weighted by Crippen LogP contribution is -2.62. The standard InChI is InChI=1S/C20H37N7O3/c1-4-25(3)12-20(23)9-8-17(27(20)13-28)18(30)24-16(14(2)29)11-15-7-5-6-10-26(15)19(21)22/h13,15-17H,4-12,23H2,1-3H3,(H3,21,22)(H,24,30). The fourth-order valence-corrected chi connectivity index (χ4v) is 4.57. The molecule has 2 fully saturated rings. The Balaban J connectivity index is 2.08. The molecule has 0 saturated carbocycles. The summed E-state index contributed by atoms with van der Waals surface area (Å²) in [6.07, 6.45) is 4.76. The van der Waals surface area contributed by atoms with Crippen molar-refractivity contribution in [2.45, 2.75) is 76.2 Å². The normalized spacial score (nSPS) is 27.8. The van der Waals surface area contributed by atoms with E-state index >= 15 is 0 Å². The van der Waals surface area contributed by atoms with E-state index in [4.69, 9.17) is 16.9 Å². The second kappa shape index (κ2) is 10.2. The summed E-state index contributed by atoms with van der Waals surface area (Å²) in [6.45, 7) is 5.38. The van der Waals surface area contributed by atoms with Crippen LogP contribution >= 0.6 is 0 Å². The van der Waals surface area contributed by atoms with E-state index < -0.39 is 17.7 Å². The third-order valence-corrected chi connectivity index (χ3v) is 6.45. The van der Waals surface area contributed by atoms with Crippen molar-refractivity contribution in [3.8, 4) is 0 Å². The lowest BCUT2D eigenvalue weighted by Gasteiger charge is -2.39. The van der Waals surface area contributed by atoms with Gasteiger partial charge >= 0.3 is 0 Å². The van der Waals surface area contributed by atoms with Gasteiger partial charge in [0.1, 0.15) is 11.7 Å². The quantitative estimate of drug-likeness (QED) is 0.220. The summed E-state index contributed by atoms with van der Waals surface area (Å²) in [5.41, 5.74) is 11.3. The Morgan fingerprint density at radius 1 is 1.37 bits per heavy atom. The Bertz CT molecular complexity index is 658. The first-order chi connectivity index (χ1) is 14.1. The molecule has 2 amide bonds. The third kappa shape index (κ3) is 5.48. The molecule has 2 heterocycles. The first kappa shape index (κ1) is 24.1. The van der Waals surface area contributed by atoms with E-state index in [9.17, 15) is 14.4 Å². The number of amides is 2. The zero-order valence-electron chi connectivity index (χ0n) is 18.4. The van der Waals surface area contributed by atoms with Crippen LogP contribution in [0.2, 0.25) is 0 Å². The summed E-state index contributed by atoms with van der Waals surface area (Å²) in [7, 11) is 1.92. The van der Waals surface area contributed by atoms with Gasteiger partial charge in [0, 0.05) is 19.1 Å². The molecule has 4 atom stereocenters. The maximum atomic E-state index is 13.0. The van der Waals surface area contributed by atoms with Crippen molar-refractivity contribution in [1.82, 2.24) is 20.0 Å². The summed E-state index contributed by atoms with van der Waals surface area (Å²) in [5, 5.41) is 10.6. The lowest BCUT2D eigenvalue weighted by atomic mass is 9.94. The highest BCUT2D eigenvalue weighted by Gasteiger charge is 2.46. The molecule has 0 bridgehead atoms. The zero-order valence-corrected chi connectivity index (χ0v) is 18.4. The van der Waals surface area contributed by atoms with Gasteiger partial charge in [0.15, 0.2) is 11.7 Å². The number of ketones is 1. The number of nitrogens with one attached hydrogen (secondary N) is 2. The van der Waals surface area contributed by atoms with Gasteiger partial charge in [-0.1, -0.05) is 6.92 Å². The van der Waals surface area contributed by atoms with Crippen molar-refractivity contribution in [2.75, 3.05) is 26.7 Å². The fraction of sp³-hybridized carbons (Fsp3) is 0.800. The highest BCUT2D eigenvalue weighted by atomic mass is 16.2. The van der Waals surface area contributed by atoms with Crippen LogP contribution in [0.25, 0.3) is 0 Å². The predicted molar refractivity (Wildman–Crippen MR) is 115 cm³/mol. The molecule has 0 aliphatic carbocycles. The maximum Gasteiger partial charge on any atom is 0.243 e. The number of rotatable bonds is 9. The minimum atomic E-state index is -0.908. The van der Waals surface area contributed by atoms with E-state index in [0.717, 1.165) is 25.8 Å². The molecule has 10 heteroatoms. The number of carbonyl (C=O) groups excluding carboxylic acids is 3. The molecule has 0 aromatic rings. The van der Waals surface area contributed by atoms with Gasteiger partial charge in [0.2, 0.25) is 12.3 Å². The number of nitrogens with zero attached hydrogens (tertiary/aromatic N) is 3. The van der Waals surface area contributed by atoms with Gasteiger partial charge in [0.05, 0.1) is 6.04 Å². The minimum Gasteiger partial charge on any atom is -0.370 e. The van der Waals surface area contributed by atoms with E-state index in [0.29, 0.717) is 38.8 Å². The molecule has 0 radical (unpaired) electrons. The number of guanidine groups is 1. The lowest BCUT2D eigenvalue weighted by molar-refractivity contribution is -0.137. The molecule has 170 valence electrons. The number of likely N-dealkylation sites (tertiary alicyclic amines) is 2. The highest BCUT2D eigenvalue weighted by molar-refractivity contribution is 5.91. The van der Waals surface area contributed by atoms with E-state index in [1.807, 2.05) is 18.9 Å². The van der Waals surface area contributed by atoms with Crippen LogP contribution in [0.15, 0.2) is 0 Å². The monoisotopic (exact) mass is 423 g/mol. The summed E-state index contributed by atoms with van der Waals surface area (Å²) in [5.74, 6) is -0.527. The van der Waals surface area contributed by atoms with Gasteiger partial charge < -0.3 is 31.5 Å². The Labute approximate surface area is 178 Å². The number of likely N-dealkylation sites (N-methyl/N-ethyl adjacent to an activating group) is 1.